The molecule has 0 spiro atoms. The average molecular weight is 348 g/mol. The molecule has 4 N–H and O–H groups in total. The molecule has 1 fully saturated rings. The minimum Gasteiger partial charge on any atom is -0.391 e. The fourth-order valence-corrected chi connectivity index (χ4v) is 2.98. The summed E-state index contributed by atoms with van der Waals surface area (Å²) in [6.45, 7) is 3.04. The Labute approximate surface area is 136 Å². The maximum absolute atomic E-state index is 12.1. The van der Waals surface area contributed by atoms with Gasteiger partial charge in [-0.2, -0.15) is 4.98 Å². The van der Waals surface area contributed by atoms with Crippen LogP contribution in [0.5, 0.6) is 0 Å². The number of halogens is 2. The van der Waals surface area contributed by atoms with E-state index in [2.05, 4.69) is 16.3 Å². The van der Waals surface area contributed by atoms with E-state index in [9.17, 15) is 15.0 Å². The number of aromatic nitrogens is 2. The molecule has 2 heterocycles. The molecule has 1 aromatic rings. The molecule has 0 aliphatic carbocycles. The number of nitrogens with zero attached hydrogens (tertiary/aromatic N) is 2. The highest BCUT2D eigenvalue weighted by Crippen LogP contribution is 2.44. The molecule has 9 heteroatoms. The Morgan fingerprint density at radius 1 is 1.64 bits per heavy atom. The molecule has 1 saturated heterocycles. The zero-order valence-electron chi connectivity index (χ0n) is 11.8. The van der Waals surface area contributed by atoms with Gasteiger partial charge in [0.15, 0.2) is 11.1 Å². The van der Waals surface area contributed by atoms with Gasteiger partial charge in [0.05, 0.1) is 6.10 Å². The van der Waals surface area contributed by atoms with E-state index >= 15 is 0 Å². The van der Waals surface area contributed by atoms with Crippen molar-refractivity contribution in [2.45, 2.75) is 43.3 Å². The lowest BCUT2D eigenvalue weighted by Gasteiger charge is -2.26. The molecule has 120 valence electrons. The zero-order chi connectivity index (χ0) is 16.7. The maximum Gasteiger partial charge on any atom is 0.351 e. The second kappa shape index (κ2) is 6.07. The highest BCUT2D eigenvalue weighted by atomic mass is 35.5. The van der Waals surface area contributed by atoms with Crippen LogP contribution in [0.25, 0.3) is 0 Å². The lowest BCUT2D eigenvalue weighted by atomic mass is 9.97. The highest BCUT2D eigenvalue weighted by Gasteiger charge is 2.57. The van der Waals surface area contributed by atoms with Crippen molar-refractivity contribution in [3.63, 3.8) is 0 Å². The van der Waals surface area contributed by atoms with E-state index < -0.39 is 35.1 Å². The van der Waals surface area contributed by atoms with Gasteiger partial charge in [-0.3, -0.25) is 4.57 Å². The number of aliphatic hydroxyl groups excluding tert-OH is 2. The normalized spacial score (nSPS) is 32.4. The van der Waals surface area contributed by atoms with E-state index in [1.165, 1.54) is 13.0 Å². The highest BCUT2D eigenvalue weighted by molar-refractivity contribution is 6.32. The Kier molecular flexibility index (Phi) is 4.70. The molecule has 0 amide bonds. The van der Waals surface area contributed by atoms with Crippen molar-refractivity contribution in [2.75, 3.05) is 5.73 Å². The summed E-state index contributed by atoms with van der Waals surface area (Å²) in [5, 5.41) is 22.2. The summed E-state index contributed by atoms with van der Waals surface area (Å²) < 4.78 is 6.70. The number of hydrogen-bond acceptors (Lipinski definition) is 6. The zero-order valence-corrected chi connectivity index (χ0v) is 13.3. The van der Waals surface area contributed by atoms with E-state index in [0.717, 1.165) is 4.57 Å². The van der Waals surface area contributed by atoms with E-state index in [1.807, 2.05) is 0 Å². The summed E-state index contributed by atoms with van der Waals surface area (Å²) in [6, 6.07) is 1.46. The minimum absolute atomic E-state index is 0.0490. The molecule has 1 unspecified atom stereocenters. The number of ether oxygens (including phenoxy) is 1. The van der Waals surface area contributed by atoms with Crippen molar-refractivity contribution >= 4 is 29.0 Å². The third-order valence-corrected chi connectivity index (χ3v) is 4.10. The molecule has 0 aromatic carbocycles. The van der Waals surface area contributed by atoms with Crippen LogP contribution in [0, 0.1) is 18.2 Å². The van der Waals surface area contributed by atoms with Gasteiger partial charge in [0.25, 0.3) is 0 Å². The predicted molar refractivity (Wildman–Crippen MR) is 81.5 cm³/mol. The van der Waals surface area contributed by atoms with Gasteiger partial charge < -0.3 is 20.7 Å². The van der Waals surface area contributed by atoms with Crippen molar-refractivity contribution in [2.24, 2.45) is 0 Å². The Bertz CT molecular complexity index is 697. The number of alkyl halides is 1. The van der Waals surface area contributed by atoms with Gasteiger partial charge in [-0.15, -0.1) is 0 Å². The number of anilines is 1. The molecule has 7 nitrogen and oxygen atoms in total. The lowest BCUT2D eigenvalue weighted by molar-refractivity contribution is -0.0777. The first kappa shape index (κ1) is 17.1. The molecule has 0 saturated carbocycles. The first-order valence-corrected chi connectivity index (χ1v) is 7.17. The first-order valence-electron chi connectivity index (χ1n) is 6.41. The minimum atomic E-state index is -1.71. The molecule has 0 radical (unpaired) electrons. The van der Waals surface area contributed by atoms with Crippen LogP contribution in [0.1, 0.15) is 18.8 Å². The summed E-state index contributed by atoms with van der Waals surface area (Å²) in [4.78, 5) is 14.0. The third-order valence-electron chi connectivity index (χ3n) is 3.50. The lowest BCUT2D eigenvalue weighted by Crippen LogP contribution is -2.45. The van der Waals surface area contributed by atoms with Gasteiger partial charge in [0.1, 0.15) is 18.0 Å². The van der Waals surface area contributed by atoms with Crippen molar-refractivity contribution in [1.29, 1.82) is 0 Å². The summed E-state index contributed by atoms with van der Waals surface area (Å²) >= 11 is 11.8. The van der Waals surface area contributed by atoms with E-state index in [0.29, 0.717) is 5.69 Å². The fraction of sp³-hybridized carbons (Fsp3) is 0.538. The van der Waals surface area contributed by atoms with Gasteiger partial charge in [0.2, 0.25) is 0 Å². The van der Waals surface area contributed by atoms with Gasteiger partial charge in [-0.05, 0) is 31.5 Å². The van der Waals surface area contributed by atoms with Crippen LogP contribution < -0.4 is 11.4 Å². The van der Waals surface area contributed by atoms with Crippen molar-refractivity contribution < 1.29 is 14.9 Å². The Balaban J connectivity index is 2.62. The number of nitrogen functional groups attached to an aromatic ring is 1. The van der Waals surface area contributed by atoms with E-state index in [-0.39, 0.29) is 5.82 Å². The second-order valence-electron chi connectivity index (χ2n) is 5.10. The SMILES string of the molecule is Cc1cc(N)nc(=O)n1[C@@H]1O[C@H]([C@H](C)O)[C@H](O)C1(Cl)C#CCl. The first-order chi connectivity index (χ1) is 10.2. The quantitative estimate of drug-likeness (QED) is 0.511. The van der Waals surface area contributed by atoms with Crippen LogP contribution in [-0.4, -0.2) is 43.0 Å². The van der Waals surface area contributed by atoms with Crippen LogP contribution in [0.2, 0.25) is 0 Å². The van der Waals surface area contributed by atoms with E-state index in [1.54, 1.807) is 6.92 Å². The van der Waals surface area contributed by atoms with Crippen LogP contribution in [0.3, 0.4) is 0 Å². The van der Waals surface area contributed by atoms with Crippen LogP contribution in [0.15, 0.2) is 10.9 Å². The summed E-state index contributed by atoms with van der Waals surface area (Å²) in [7, 11) is 0. The van der Waals surface area contributed by atoms with Gasteiger partial charge in [-0.1, -0.05) is 17.5 Å². The molecule has 1 aromatic heterocycles. The molecule has 1 aliphatic heterocycles. The monoisotopic (exact) mass is 347 g/mol. The number of nitrogens with two attached hydrogens (primary N) is 1. The molecule has 2 rings (SSSR count). The number of hydrogen-bond donors (Lipinski definition) is 3. The topological polar surface area (TPSA) is 111 Å². The second-order valence-corrected chi connectivity index (χ2v) is 5.92. The van der Waals surface area contributed by atoms with Crippen LogP contribution >= 0.6 is 23.2 Å². The summed E-state index contributed by atoms with van der Waals surface area (Å²) in [5.41, 5.74) is 5.23. The van der Waals surface area contributed by atoms with Gasteiger partial charge in [0, 0.05) is 11.1 Å². The Hall–Kier alpha value is -1.30. The molecule has 0 bridgehead atoms. The summed E-state index contributed by atoms with van der Waals surface area (Å²) in [6.07, 6.45) is -4.62. The Morgan fingerprint density at radius 2 is 2.27 bits per heavy atom. The molecule has 22 heavy (non-hydrogen) atoms. The van der Waals surface area contributed by atoms with Crippen LogP contribution in [-0.2, 0) is 4.74 Å². The summed E-state index contributed by atoms with van der Waals surface area (Å²) in [5.74, 6) is 2.50. The number of aliphatic hydroxyl groups is 2. The number of rotatable bonds is 2. The molecular formula is C13H15Cl2N3O4. The Morgan fingerprint density at radius 3 is 2.77 bits per heavy atom. The fourth-order valence-electron chi connectivity index (χ4n) is 2.46. The standard InChI is InChI=1S/C13H15Cl2N3O4/c1-6-5-8(16)17-12(21)18(6)11-13(15,3-4-14)10(20)9(22-11)7(2)19/h5,7,9-11,19-20H,1-2H3,(H2,16,17,21)/t7-,9+,10-,11+,13?/m0/s1. The third kappa shape index (κ3) is 2.69. The van der Waals surface area contributed by atoms with Gasteiger partial charge in [-0.25, -0.2) is 4.79 Å². The predicted octanol–water partition coefficient (Wildman–Crippen LogP) is -0.0497. The van der Waals surface area contributed by atoms with Crippen molar-refractivity contribution in [1.82, 2.24) is 9.55 Å². The maximum atomic E-state index is 12.1. The number of aryl methyl sites for hydroxylation is 1. The van der Waals surface area contributed by atoms with Crippen LogP contribution in [0.4, 0.5) is 5.82 Å². The van der Waals surface area contributed by atoms with Crippen molar-refractivity contribution in [3.05, 3.63) is 22.2 Å². The molecule has 5 atom stereocenters. The van der Waals surface area contributed by atoms with Crippen molar-refractivity contribution in [3.8, 4) is 11.3 Å². The van der Waals surface area contributed by atoms with Gasteiger partial charge >= 0.3 is 5.69 Å². The average Bonchev–Trinajstić information content (AvgIpc) is 2.63. The smallest absolute Gasteiger partial charge is 0.351 e. The molecule has 1 aliphatic rings. The molecular weight excluding hydrogens is 333 g/mol. The van der Waals surface area contributed by atoms with E-state index in [4.69, 9.17) is 33.7 Å². The largest absolute Gasteiger partial charge is 0.391 e.